The highest BCUT2D eigenvalue weighted by Crippen LogP contribution is 2.25. The second-order valence-electron chi connectivity index (χ2n) is 9.99. The number of carbonyl (C=O) groups is 2. The van der Waals surface area contributed by atoms with Crippen LogP contribution < -0.4 is 4.74 Å². The molecule has 1 unspecified atom stereocenters. The second kappa shape index (κ2) is 11.8. The van der Waals surface area contributed by atoms with Gasteiger partial charge < -0.3 is 14.4 Å². The van der Waals surface area contributed by atoms with Crippen LogP contribution in [0.15, 0.2) is 41.1 Å². The SMILES string of the molecule is CC(C)C(=O)N1CCC(CS(=O)(=O)c2ccc(OC/C(=C/F)CCC(=O)OC(C)(C)C)cc2)C1. The first-order chi connectivity index (χ1) is 15.8. The minimum Gasteiger partial charge on any atom is -0.489 e. The molecule has 9 heteroatoms. The number of benzene rings is 1. The molecule has 1 heterocycles. The number of ether oxygens (including phenoxy) is 2. The number of amides is 1. The highest BCUT2D eigenvalue weighted by atomic mass is 32.2. The van der Waals surface area contributed by atoms with Crippen molar-refractivity contribution in [3.05, 3.63) is 36.2 Å². The zero-order valence-electron chi connectivity index (χ0n) is 20.7. The van der Waals surface area contributed by atoms with Crippen molar-refractivity contribution in [3.8, 4) is 5.75 Å². The lowest BCUT2D eigenvalue weighted by molar-refractivity contribution is -0.154. The zero-order valence-corrected chi connectivity index (χ0v) is 21.5. The minimum absolute atomic E-state index is 0.0194. The molecular formula is C25H36FNO6S. The maximum atomic E-state index is 13.2. The summed E-state index contributed by atoms with van der Waals surface area (Å²) in [5, 5.41) is 0. The van der Waals surface area contributed by atoms with E-state index in [4.69, 9.17) is 9.47 Å². The molecule has 0 aliphatic carbocycles. The van der Waals surface area contributed by atoms with Crippen molar-refractivity contribution in [2.75, 3.05) is 25.4 Å². The Bertz CT molecular complexity index is 980. The van der Waals surface area contributed by atoms with E-state index in [2.05, 4.69) is 0 Å². The van der Waals surface area contributed by atoms with Gasteiger partial charge in [-0.15, -0.1) is 0 Å². The van der Waals surface area contributed by atoms with Gasteiger partial charge in [0, 0.05) is 25.4 Å². The Morgan fingerprint density at radius 3 is 2.38 bits per heavy atom. The van der Waals surface area contributed by atoms with Gasteiger partial charge in [-0.1, -0.05) is 13.8 Å². The van der Waals surface area contributed by atoms with Crippen molar-refractivity contribution in [2.24, 2.45) is 11.8 Å². The maximum Gasteiger partial charge on any atom is 0.306 e. The van der Waals surface area contributed by atoms with Gasteiger partial charge in [0.2, 0.25) is 5.91 Å². The van der Waals surface area contributed by atoms with E-state index in [-0.39, 0.29) is 47.8 Å². The van der Waals surface area contributed by atoms with E-state index in [9.17, 15) is 22.4 Å². The molecule has 1 saturated heterocycles. The molecule has 0 radical (unpaired) electrons. The van der Waals surface area contributed by atoms with Gasteiger partial charge in [-0.3, -0.25) is 9.59 Å². The van der Waals surface area contributed by atoms with Crippen LogP contribution in [0.3, 0.4) is 0 Å². The predicted molar refractivity (Wildman–Crippen MR) is 128 cm³/mol. The molecule has 0 spiro atoms. The fraction of sp³-hybridized carbons (Fsp3) is 0.600. The molecule has 7 nitrogen and oxygen atoms in total. The number of halogens is 1. The molecule has 0 saturated carbocycles. The summed E-state index contributed by atoms with van der Waals surface area (Å²) in [5.74, 6) is -0.187. The Hall–Kier alpha value is -2.42. The summed E-state index contributed by atoms with van der Waals surface area (Å²) in [5.41, 5.74) is -0.304. The van der Waals surface area contributed by atoms with Crippen LogP contribution in [0, 0.1) is 11.8 Å². The molecule has 2 rings (SSSR count). The van der Waals surface area contributed by atoms with Crippen LogP contribution in [-0.4, -0.2) is 56.2 Å². The second-order valence-corrected chi connectivity index (χ2v) is 12.0. The van der Waals surface area contributed by atoms with Gasteiger partial charge in [0.1, 0.15) is 18.0 Å². The molecular weight excluding hydrogens is 461 g/mol. The standard InChI is InChI=1S/C25H36FNO6S/c1-18(2)24(29)27-13-12-20(15-27)17-34(30,31)22-9-7-21(8-10-22)32-16-19(14-26)6-11-23(28)33-25(3,4)5/h7-10,14,18,20H,6,11-13,15-17H2,1-5H3/b19-14+. The first-order valence-electron chi connectivity index (χ1n) is 11.5. The number of esters is 1. The van der Waals surface area contributed by atoms with E-state index < -0.39 is 21.4 Å². The van der Waals surface area contributed by atoms with Crippen molar-refractivity contribution in [1.29, 1.82) is 0 Å². The van der Waals surface area contributed by atoms with Crippen LogP contribution in [0.4, 0.5) is 4.39 Å². The Labute approximate surface area is 202 Å². The van der Waals surface area contributed by atoms with Crippen molar-refractivity contribution < 1.29 is 31.9 Å². The van der Waals surface area contributed by atoms with Gasteiger partial charge in [0.05, 0.1) is 17.0 Å². The number of carbonyl (C=O) groups excluding carboxylic acids is 2. The highest BCUT2D eigenvalue weighted by molar-refractivity contribution is 7.91. The molecule has 0 N–H and O–H groups in total. The van der Waals surface area contributed by atoms with Crippen LogP contribution in [0.5, 0.6) is 5.75 Å². The van der Waals surface area contributed by atoms with Crippen molar-refractivity contribution in [1.82, 2.24) is 4.90 Å². The van der Waals surface area contributed by atoms with Crippen LogP contribution in [0.25, 0.3) is 0 Å². The third-order valence-corrected chi connectivity index (χ3v) is 7.28. The van der Waals surface area contributed by atoms with E-state index in [0.717, 1.165) is 0 Å². The number of nitrogens with zero attached hydrogens (tertiary/aromatic N) is 1. The molecule has 1 aliphatic rings. The fourth-order valence-corrected chi connectivity index (χ4v) is 5.31. The van der Waals surface area contributed by atoms with Gasteiger partial charge in [-0.2, -0.15) is 0 Å². The summed E-state index contributed by atoms with van der Waals surface area (Å²) in [7, 11) is -3.52. The lowest BCUT2D eigenvalue weighted by Gasteiger charge is -2.19. The molecule has 0 aromatic heterocycles. The van der Waals surface area contributed by atoms with E-state index in [1.165, 1.54) is 24.3 Å². The molecule has 1 aliphatic heterocycles. The van der Waals surface area contributed by atoms with Gasteiger partial charge in [-0.25, -0.2) is 12.8 Å². The van der Waals surface area contributed by atoms with Gasteiger partial charge in [0.25, 0.3) is 0 Å². The normalized spacial score (nSPS) is 17.2. The quantitative estimate of drug-likeness (QED) is 0.447. The Balaban J connectivity index is 1.87. The molecule has 34 heavy (non-hydrogen) atoms. The summed E-state index contributed by atoms with van der Waals surface area (Å²) >= 11 is 0. The first-order valence-corrected chi connectivity index (χ1v) is 13.2. The summed E-state index contributed by atoms with van der Waals surface area (Å²) in [6, 6.07) is 5.99. The summed E-state index contributed by atoms with van der Waals surface area (Å²) < 4.78 is 49.6. The predicted octanol–water partition coefficient (Wildman–Crippen LogP) is 4.32. The number of hydrogen-bond acceptors (Lipinski definition) is 6. The van der Waals surface area contributed by atoms with E-state index in [1.54, 1.807) is 25.7 Å². The average Bonchev–Trinajstić information content (AvgIpc) is 3.20. The van der Waals surface area contributed by atoms with Crippen LogP contribution in [0.1, 0.15) is 53.9 Å². The molecule has 1 aromatic carbocycles. The van der Waals surface area contributed by atoms with Crippen LogP contribution in [0.2, 0.25) is 0 Å². The van der Waals surface area contributed by atoms with Gasteiger partial charge in [0.15, 0.2) is 9.84 Å². The largest absolute Gasteiger partial charge is 0.489 e. The Morgan fingerprint density at radius 1 is 1.18 bits per heavy atom. The lowest BCUT2D eigenvalue weighted by Crippen LogP contribution is -2.32. The number of likely N-dealkylation sites (tertiary alicyclic amines) is 1. The zero-order chi connectivity index (χ0) is 25.5. The third-order valence-electron chi connectivity index (χ3n) is 5.38. The van der Waals surface area contributed by atoms with Gasteiger partial charge >= 0.3 is 5.97 Å². The number of hydrogen-bond donors (Lipinski definition) is 0. The van der Waals surface area contributed by atoms with E-state index in [1.807, 2.05) is 13.8 Å². The monoisotopic (exact) mass is 497 g/mol. The molecule has 190 valence electrons. The van der Waals surface area contributed by atoms with Gasteiger partial charge in [-0.05, 0) is 69.4 Å². The van der Waals surface area contributed by atoms with Crippen LogP contribution >= 0.6 is 0 Å². The van der Waals surface area contributed by atoms with E-state index in [0.29, 0.717) is 37.2 Å². The molecule has 1 fully saturated rings. The van der Waals surface area contributed by atoms with Crippen molar-refractivity contribution in [3.63, 3.8) is 0 Å². The van der Waals surface area contributed by atoms with E-state index >= 15 is 0 Å². The van der Waals surface area contributed by atoms with Crippen LogP contribution in [-0.2, 0) is 24.2 Å². The number of sulfone groups is 1. The molecule has 0 bridgehead atoms. The summed E-state index contributed by atoms with van der Waals surface area (Å²) in [6.07, 6.45) is 1.28. The molecule has 1 aromatic rings. The summed E-state index contributed by atoms with van der Waals surface area (Å²) in [4.78, 5) is 25.9. The average molecular weight is 498 g/mol. The van der Waals surface area contributed by atoms with Crippen molar-refractivity contribution >= 4 is 21.7 Å². The lowest BCUT2D eigenvalue weighted by atomic mass is 10.1. The third kappa shape index (κ3) is 8.74. The Kier molecular flexibility index (Phi) is 9.67. The van der Waals surface area contributed by atoms with Crippen molar-refractivity contribution in [2.45, 2.75) is 64.4 Å². The topological polar surface area (TPSA) is 90.0 Å². The molecule has 1 atom stereocenters. The maximum absolute atomic E-state index is 13.2. The highest BCUT2D eigenvalue weighted by Gasteiger charge is 2.31. The number of rotatable bonds is 10. The first kappa shape index (κ1) is 27.8. The Morgan fingerprint density at radius 2 is 1.82 bits per heavy atom. The fourth-order valence-electron chi connectivity index (χ4n) is 3.67. The smallest absolute Gasteiger partial charge is 0.306 e. The minimum atomic E-state index is -3.52. The summed E-state index contributed by atoms with van der Waals surface area (Å²) in [6.45, 7) is 9.95. The molecule has 1 amide bonds.